The van der Waals surface area contributed by atoms with E-state index >= 15 is 0 Å². The molecule has 1 saturated heterocycles. The standard InChI is InChI=1S/C14H19BrN2O3/c1-2-20-13-4-3-11(15)7-12(13)17-14(18)16-8-10-5-6-19-9-10/h3-4,7,10H,2,5-6,8-9H2,1H3,(H2,16,17,18)/t10-/m0/s1. The lowest BCUT2D eigenvalue weighted by molar-refractivity contribution is 0.185. The predicted molar refractivity (Wildman–Crippen MR) is 81.3 cm³/mol. The highest BCUT2D eigenvalue weighted by Gasteiger charge is 2.16. The number of halogens is 1. The highest BCUT2D eigenvalue weighted by molar-refractivity contribution is 9.10. The number of hydrogen-bond acceptors (Lipinski definition) is 3. The summed E-state index contributed by atoms with van der Waals surface area (Å²) in [4.78, 5) is 11.9. The lowest BCUT2D eigenvalue weighted by atomic mass is 10.1. The number of hydrogen-bond donors (Lipinski definition) is 2. The molecular formula is C14H19BrN2O3. The van der Waals surface area contributed by atoms with Gasteiger partial charge in [-0.15, -0.1) is 0 Å². The minimum absolute atomic E-state index is 0.226. The van der Waals surface area contributed by atoms with Crippen molar-refractivity contribution in [3.63, 3.8) is 0 Å². The molecule has 0 aromatic heterocycles. The number of ether oxygens (including phenoxy) is 2. The van der Waals surface area contributed by atoms with Crippen molar-refractivity contribution in [2.45, 2.75) is 13.3 Å². The zero-order chi connectivity index (χ0) is 14.4. The summed E-state index contributed by atoms with van der Waals surface area (Å²) in [7, 11) is 0. The fourth-order valence-electron chi connectivity index (χ4n) is 2.03. The van der Waals surface area contributed by atoms with Crippen molar-refractivity contribution in [3.8, 4) is 5.75 Å². The second-order valence-corrected chi connectivity index (χ2v) is 5.55. The van der Waals surface area contributed by atoms with Crippen LogP contribution in [0.25, 0.3) is 0 Å². The Bertz CT molecular complexity index is 462. The summed E-state index contributed by atoms with van der Waals surface area (Å²) in [6, 6.07) is 5.30. The second kappa shape index (κ2) is 7.50. The van der Waals surface area contributed by atoms with Crippen molar-refractivity contribution in [1.29, 1.82) is 0 Å². The van der Waals surface area contributed by atoms with Crippen LogP contribution in [0.15, 0.2) is 22.7 Å². The molecule has 0 spiro atoms. The van der Waals surface area contributed by atoms with Gasteiger partial charge in [0.1, 0.15) is 5.75 Å². The van der Waals surface area contributed by atoms with Crippen LogP contribution in [0, 0.1) is 5.92 Å². The predicted octanol–water partition coefficient (Wildman–Crippen LogP) is 3.01. The molecule has 0 saturated carbocycles. The van der Waals surface area contributed by atoms with Gasteiger partial charge in [0.2, 0.25) is 0 Å². The van der Waals surface area contributed by atoms with Gasteiger partial charge in [-0.3, -0.25) is 0 Å². The number of rotatable bonds is 5. The average molecular weight is 343 g/mol. The van der Waals surface area contributed by atoms with Crippen molar-refractivity contribution < 1.29 is 14.3 Å². The van der Waals surface area contributed by atoms with Gasteiger partial charge in [0, 0.05) is 23.5 Å². The molecule has 6 heteroatoms. The summed E-state index contributed by atoms with van der Waals surface area (Å²) in [5, 5.41) is 5.68. The molecule has 20 heavy (non-hydrogen) atoms. The number of carbonyl (C=O) groups is 1. The Morgan fingerprint density at radius 2 is 2.40 bits per heavy atom. The summed E-state index contributed by atoms with van der Waals surface area (Å²) < 4.78 is 11.7. The summed E-state index contributed by atoms with van der Waals surface area (Å²) in [6.07, 6.45) is 1.00. The second-order valence-electron chi connectivity index (χ2n) is 4.64. The number of carbonyl (C=O) groups excluding carboxylic acids is 1. The van der Waals surface area contributed by atoms with Crippen molar-refractivity contribution >= 4 is 27.6 Å². The molecule has 2 amide bonds. The van der Waals surface area contributed by atoms with Gasteiger partial charge in [-0.1, -0.05) is 15.9 Å². The molecule has 0 bridgehead atoms. The van der Waals surface area contributed by atoms with Crippen LogP contribution in [0.3, 0.4) is 0 Å². The minimum atomic E-state index is -0.226. The molecule has 5 nitrogen and oxygen atoms in total. The van der Waals surface area contributed by atoms with Gasteiger partial charge in [0.05, 0.1) is 18.9 Å². The van der Waals surface area contributed by atoms with E-state index in [2.05, 4.69) is 26.6 Å². The molecule has 1 aliphatic rings. The van der Waals surface area contributed by atoms with Crippen LogP contribution in [-0.4, -0.2) is 32.4 Å². The molecule has 1 aromatic rings. The first-order chi connectivity index (χ1) is 9.69. The van der Waals surface area contributed by atoms with Crippen LogP contribution < -0.4 is 15.4 Å². The van der Waals surface area contributed by atoms with Gasteiger partial charge >= 0.3 is 6.03 Å². The Labute approximate surface area is 127 Å². The smallest absolute Gasteiger partial charge is 0.319 e. The fourth-order valence-corrected chi connectivity index (χ4v) is 2.39. The van der Waals surface area contributed by atoms with E-state index in [1.807, 2.05) is 25.1 Å². The van der Waals surface area contributed by atoms with Crippen molar-refractivity contribution in [3.05, 3.63) is 22.7 Å². The van der Waals surface area contributed by atoms with Crippen molar-refractivity contribution in [1.82, 2.24) is 5.32 Å². The molecule has 2 N–H and O–H groups in total. The quantitative estimate of drug-likeness (QED) is 0.864. The lowest BCUT2D eigenvalue weighted by Gasteiger charge is -2.14. The first kappa shape index (κ1) is 15.1. The zero-order valence-corrected chi connectivity index (χ0v) is 13.0. The van der Waals surface area contributed by atoms with Gasteiger partial charge in [-0.25, -0.2) is 4.79 Å². The first-order valence-electron chi connectivity index (χ1n) is 6.74. The maximum Gasteiger partial charge on any atom is 0.319 e. The van der Waals surface area contributed by atoms with E-state index in [-0.39, 0.29) is 6.03 Å². The van der Waals surface area contributed by atoms with E-state index in [9.17, 15) is 4.79 Å². The zero-order valence-electron chi connectivity index (χ0n) is 11.4. The van der Waals surface area contributed by atoms with Crippen molar-refractivity contribution in [2.24, 2.45) is 5.92 Å². The summed E-state index contributed by atoms with van der Waals surface area (Å²) in [5.74, 6) is 1.07. The minimum Gasteiger partial charge on any atom is -0.492 e. The van der Waals surface area contributed by atoms with Gasteiger partial charge in [-0.05, 0) is 31.5 Å². The molecule has 1 atom stereocenters. The normalized spacial score (nSPS) is 17.8. The highest BCUT2D eigenvalue weighted by Crippen LogP contribution is 2.28. The van der Waals surface area contributed by atoms with Gasteiger partial charge in [-0.2, -0.15) is 0 Å². The third-order valence-corrected chi connectivity index (χ3v) is 3.56. The van der Waals surface area contributed by atoms with Crippen LogP contribution in [0.4, 0.5) is 10.5 Å². The van der Waals surface area contributed by atoms with Crippen LogP contribution in [0.1, 0.15) is 13.3 Å². The Hall–Kier alpha value is -1.27. The lowest BCUT2D eigenvalue weighted by Crippen LogP contribution is -2.33. The molecule has 0 aliphatic carbocycles. The average Bonchev–Trinajstić information content (AvgIpc) is 2.93. The Morgan fingerprint density at radius 1 is 1.55 bits per heavy atom. The van der Waals surface area contributed by atoms with E-state index in [0.29, 0.717) is 30.5 Å². The van der Waals surface area contributed by atoms with E-state index in [0.717, 1.165) is 24.1 Å². The maximum atomic E-state index is 11.9. The van der Waals surface area contributed by atoms with E-state index in [1.54, 1.807) is 0 Å². The van der Waals surface area contributed by atoms with Gasteiger partial charge in [0.15, 0.2) is 0 Å². The molecule has 1 fully saturated rings. The monoisotopic (exact) mass is 342 g/mol. The molecule has 0 unspecified atom stereocenters. The largest absolute Gasteiger partial charge is 0.492 e. The molecule has 1 aliphatic heterocycles. The van der Waals surface area contributed by atoms with Gasteiger partial charge in [0.25, 0.3) is 0 Å². The number of amides is 2. The number of anilines is 1. The van der Waals surface area contributed by atoms with Crippen molar-refractivity contribution in [2.75, 3.05) is 31.7 Å². The molecule has 1 aromatic carbocycles. The summed E-state index contributed by atoms with van der Waals surface area (Å²) in [5.41, 5.74) is 0.654. The van der Waals surface area contributed by atoms with Crippen LogP contribution >= 0.6 is 15.9 Å². The maximum absolute atomic E-state index is 11.9. The molecule has 2 rings (SSSR count). The SMILES string of the molecule is CCOc1ccc(Br)cc1NC(=O)NC[C@@H]1CCOC1. The van der Waals surface area contributed by atoms with E-state index in [4.69, 9.17) is 9.47 Å². The van der Waals surface area contributed by atoms with Crippen LogP contribution in [-0.2, 0) is 4.74 Å². The van der Waals surface area contributed by atoms with Crippen LogP contribution in [0.2, 0.25) is 0 Å². The van der Waals surface area contributed by atoms with E-state index in [1.165, 1.54) is 0 Å². The number of nitrogens with one attached hydrogen (secondary N) is 2. The first-order valence-corrected chi connectivity index (χ1v) is 7.53. The number of urea groups is 1. The summed E-state index contributed by atoms with van der Waals surface area (Å²) in [6.45, 7) is 4.60. The molecule has 1 heterocycles. The summed E-state index contributed by atoms with van der Waals surface area (Å²) >= 11 is 3.39. The number of benzene rings is 1. The molecule has 110 valence electrons. The highest BCUT2D eigenvalue weighted by atomic mass is 79.9. The third kappa shape index (κ3) is 4.38. The third-order valence-electron chi connectivity index (χ3n) is 3.06. The Balaban J connectivity index is 1.90. The van der Waals surface area contributed by atoms with Crippen LogP contribution in [0.5, 0.6) is 5.75 Å². The molecule has 0 radical (unpaired) electrons. The fraction of sp³-hybridized carbons (Fsp3) is 0.500. The van der Waals surface area contributed by atoms with Gasteiger partial charge < -0.3 is 20.1 Å². The molecular weight excluding hydrogens is 324 g/mol. The van der Waals surface area contributed by atoms with E-state index < -0.39 is 0 Å². The Kier molecular flexibility index (Phi) is 5.67. The Morgan fingerprint density at radius 3 is 3.10 bits per heavy atom. The topological polar surface area (TPSA) is 59.6 Å².